The summed E-state index contributed by atoms with van der Waals surface area (Å²) in [4.78, 5) is 37.8. The molecule has 1 amide bonds. The second-order valence-corrected chi connectivity index (χ2v) is 23.1. The predicted octanol–water partition coefficient (Wildman–Crippen LogP) is 9.78. The van der Waals surface area contributed by atoms with Crippen LogP contribution in [0.2, 0.25) is 0 Å². The SMILES string of the molecule is CC(C)Oc1nc2[nH]cc(F)c2cc1Oc1cc(N2CCC3(CC2)CN([C@H]2CCC[C@H]2c2ccccc2C(C)C)C3)ccc1C(=O)NS(=O)(=O)c1cc2c(c([N+](=O)[O-])c1)N[C@@H]([C@H]1CC[C@](C)(O)CC1)CO2. The van der Waals surface area contributed by atoms with E-state index in [1.54, 1.807) is 32.9 Å². The molecule has 5 aliphatic rings. The highest BCUT2D eigenvalue weighted by Gasteiger charge is 2.49. The minimum Gasteiger partial charge on any atom is -0.489 e. The molecule has 5 heterocycles. The molecule has 2 saturated heterocycles. The minimum atomic E-state index is -4.76. The zero-order chi connectivity index (χ0) is 50.0. The standard InChI is InChI=1S/C53H64FN7O9S/c1-31(2)36-9-6-7-10-37(36)38-11-8-12-43(38)60-29-53(30-60)19-21-59(22-20-53)34-13-14-39(45(23-34)70-47-26-40-41(54)27-55-49(40)57-51(47)69-32(3)4)50(62)58-71(66,67)35-24-44(61(64)65)48-46(25-35)68-28-42(56-48)33-15-17-52(5,63)18-16-33/h6-7,9-10,13-14,23-27,31-33,38,42-43,56,63H,8,11-12,15-22,28-30H2,1-5H3,(H,55,57)(H,58,62)/t33-,38-,42+,43-,52-/m0/s1. The lowest BCUT2D eigenvalue weighted by Crippen LogP contribution is -2.63. The van der Waals surface area contributed by atoms with Gasteiger partial charge >= 0.3 is 0 Å². The molecule has 378 valence electrons. The van der Waals surface area contributed by atoms with Gasteiger partial charge in [0.15, 0.2) is 17.2 Å². The van der Waals surface area contributed by atoms with Crippen molar-refractivity contribution in [2.45, 2.75) is 133 Å². The Balaban J connectivity index is 0.897. The van der Waals surface area contributed by atoms with Gasteiger partial charge in [0, 0.05) is 68.4 Å². The number of hydrogen-bond acceptors (Lipinski definition) is 13. The van der Waals surface area contributed by atoms with Crippen LogP contribution in [-0.2, 0) is 10.0 Å². The number of likely N-dealkylation sites (tertiary alicyclic amines) is 1. The summed E-state index contributed by atoms with van der Waals surface area (Å²) in [5.41, 5.74) is 2.70. The molecule has 16 nitrogen and oxygen atoms in total. The lowest BCUT2D eigenvalue weighted by Gasteiger charge is -2.57. The molecule has 18 heteroatoms. The molecule has 3 aliphatic heterocycles. The van der Waals surface area contributed by atoms with Crippen molar-refractivity contribution in [2.75, 3.05) is 43.0 Å². The molecule has 2 aliphatic carbocycles. The number of aromatic amines is 1. The number of nitrogens with one attached hydrogen (secondary N) is 3. The molecule has 4 N–H and O–H groups in total. The highest BCUT2D eigenvalue weighted by atomic mass is 32.2. The number of aromatic nitrogens is 2. The van der Waals surface area contributed by atoms with Crippen molar-refractivity contribution in [3.8, 4) is 23.1 Å². The molecule has 1 spiro atoms. The van der Waals surface area contributed by atoms with Crippen molar-refractivity contribution in [2.24, 2.45) is 11.3 Å². The van der Waals surface area contributed by atoms with Crippen LogP contribution in [0.5, 0.6) is 23.1 Å². The first-order valence-corrected chi connectivity index (χ1v) is 26.6. The highest BCUT2D eigenvalue weighted by molar-refractivity contribution is 7.90. The molecule has 0 radical (unpaired) electrons. The topological polar surface area (TPSA) is 201 Å². The number of aliphatic hydroxyl groups is 1. The number of rotatable bonds is 13. The second-order valence-electron chi connectivity index (χ2n) is 21.5. The Bertz CT molecular complexity index is 2950. The monoisotopic (exact) mass is 993 g/mol. The first-order valence-electron chi connectivity index (χ1n) is 25.1. The van der Waals surface area contributed by atoms with Gasteiger partial charge in [-0.1, -0.05) is 44.5 Å². The van der Waals surface area contributed by atoms with Crippen LogP contribution in [-0.4, -0.2) is 95.8 Å². The van der Waals surface area contributed by atoms with Gasteiger partial charge in [0.25, 0.3) is 27.5 Å². The third-order valence-electron chi connectivity index (χ3n) is 15.8. The average Bonchev–Trinajstić information content (AvgIpc) is 3.96. The van der Waals surface area contributed by atoms with Crippen molar-refractivity contribution < 1.29 is 41.8 Å². The van der Waals surface area contributed by atoms with Crippen LogP contribution < -0.4 is 29.1 Å². The van der Waals surface area contributed by atoms with E-state index in [9.17, 15) is 28.4 Å². The number of pyridine rings is 1. The van der Waals surface area contributed by atoms with Gasteiger partial charge in [-0.25, -0.2) is 17.5 Å². The number of fused-ring (bicyclic) bond motifs is 2. The van der Waals surface area contributed by atoms with E-state index in [4.69, 9.17) is 14.2 Å². The fourth-order valence-corrected chi connectivity index (χ4v) is 12.9. The maximum Gasteiger partial charge on any atom is 0.297 e. The van der Waals surface area contributed by atoms with Crippen molar-refractivity contribution >= 4 is 44.0 Å². The van der Waals surface area contributed by atoms with E-state index in [0.29, 0.717) is 43.6 Å². The molecule has 0 unspecified atom stereocenters. The zero-order valence-corrected chi connectivity index (χ0v) is 41.8. The Hall–Kier alpha value is -5.98. The first-order chi connectivity index (χ1) is 33.9. The number of ether oxygens (including phenoxy) is 3. The molecule has 2 aromatic heterocycles. The summed E-state index contributed by atoms with van der Waals surface area (Å²) >= 11 is 0. The van der Waals surface area contributed by atoms with Crippen molar-refractivity contribution in [3.05, 3.63) is 99.5 Å². The molecule has 10 rings (SSSR count). The van der Waals surface area contributed by atoms with Gasteiger partial charge < -0.3 is 34.5 Å². The van der Waals surface area contributed by atoms with Crippen LogP contribution >= 0.6 is 0 Å². The number of amides is 1. The van der Waals surface area contributed by atoms with Crippen molar-refractivity contribution in [3.63, 3.8) is 0 Å². The maximum absolute atomic E-state index is 15.0. The Morgan fingerprint density at radius 1 is 1.00 bits per heavy atom. The van der Waals surface area contributed by atoms with Crippen LogP contribution in [0.1, 0.15) is 126 Å². The third kappa shape index (κ3) is 9.74. The number of nitro groups is 1. The lowest BCUT2D eigenvalue weighted by molar-refractivity contribution is -0.384. The van der Waals surface area contributed by atoms with Crippen LogP contribution in [0.25, 0.3) is 11.0 Å². The Morgan fingerprint density at radius 2 is 1.75 bits per heavy atom. The second kappa shape index (κ2) is 18.9. The summed E-state index contributed by atoms with van der Waals surface area (Å²) < 4.78 is 63.8. The van der Waals surface area contributed by atoms with E-state index < -0.39 is 42.9 Å². The predicted molar refractivity (Wildman–Crippen MR) is 268 cm³/mol. The molecule has 71 heavy (non-hydrogen) atoms. The molecular formula is C53H64FN7O9S. The van der Waals surface area contributed by atoms with Crippen molar-refractivity contribution in [1.29, 1.82) is 0 Å². The highest BCUT2D eigenvalue weighted by Crippen LogP contribution is 2.50. The van der Waals surface area contributed by atoms with E-state index in [-0.39, 0.29) is 75.5 Å². The number of benzene rings is 3. The molecule has 3 atom stereocenters. The molecule has 4 fully saturated rings. The smallest absolute Gasteiger partial charge is 0.297 e. The number of H-pyrrole nitrogens is 1. The average molecular weight is 994 g/mol. The minimum absolute atomic E-state index is 0.000909. The number of hydrogen-bond donors (Lipinski definition) is 4. The quantitative estimate of drug-likeness (QED) is 0.0642. The Labute approximate surface area is 413 Å². The normalized spacial score (nSPS) is 24.3. The zero-order valence-electron chi connectivity index (χ0n) is 41.0. The summed E-state index contributed by atoms with van der Waals surface area (Å²) in [6, 6.07) is 17.6. The van der Waals surface area contributed by atoms with Crippen molar-refractivity contribution in [1.82, 2.24) is 19.6 Å². The molecule has 2 saturated carbocycles. The fourth-order valence-electron chi connectivity index (χ4n) is 11.9. The number of carbonyl (C=O) groups is 1. The number of halogens is 1. The van der Waals surface area contributed by atoms with Crippen LogP contribution in [0.15, 0.2) is 71.8 Å². The van der Waals surface area contributed by atoms with Gasteiger partial charge in [-0.15, -0.1) is 0 Å². The lowest BCUT2D eigenvalue weighted by atomic mass is 9.70. The van der Waals surface area contributed by atoms with Crippen LogP contribution in [0, 0.1) is 27.3 Å². The van der Waals surface area contributed by atoms with E-state index >= 15 is 4.39 Å². The van der Waals surface area contributed by atoms with Gasteiger partial charge in [-0.05, 0) is 119 Å². The largest absolute Gasteiger partial charge is 0.489 e. The Kier molecular flexibility index (Phi) is 12.9. The molecule has 0 bridgehead atoms. The molecule has 3 aromatic carbocycles. The van der Waals surface area contributed by atoms with Gasteiger partial charge in [0.2, 0.25) is 0 Å². The number of nitrogens with zero attached hydrogens (tertiary/aromatic N) is 4. The number of nitro benzene ring substituents is 1. The fraction of sp³-hybridized carbons (Fsp3) is 0.509. The summed E-state index contributed by atoms with van der Waals surface area (Å²) in [7, 11) is -4.76. The third-order valence-corrected chi connectivity index (χ3v) is 17.1. The maximum atomic E-state index is 15.0. The van der Waals surface area contributed by atoms with E-state index in [1.807, 2.05) is 0 Å². The Morgan fingerprint density at radius 3 is 2.46 bits per heavy atom. The van der Waals surface area contributed by atoms with Crippen LogP contribution in [0.4, 0.5) is 21.5 Å². The van der Waals surface area contributed by atoms with Gasteiger partial charge in [-0.2, -0.15) is 4.98 Å². The number of piperidine rings is 1. The summed E-state index contributed by atoms with van der Waals surface area (Å²) in [6.45, 7) is 13.7. The van der Waals surface area contributed by atoms with E-state index in [2.05, 4.69) is 67.9 Å². The molecule has 5 aromatic rings. The summed E-state index contributed by atoms with van der Waals surface area (Å²) in [5, 5.41) is 26.3. The summed E-state index contributed by atoms with van der Waals surface area (Å²) in [5.74, 6) is -0.609. The first kappa shape index (κ1) is 48.6. The van der Waals surface area contributed by atoms with E-state index in [1.165, 1.54) is 48.7 Å². The number of sulfonamides is 1. The van der Waals surface area contributed by atoms with E-state index in [0.717, 1.165) is 56.8 Å². The van der Waals surface area contributed by atoms with Gasteiger partial charge in [0.1, 0.15) is 23.8 Å². The van der Waals surface area contributed by atoms with Gasteiger partial charge in [0.05, 0.1) is 38.5 Å². The number of carbonyl (C=O) groups excluding carboxylic acids is 1. The van der Waals surface area contributed by atoms with Gasteiger partial charge in [-0.3, -0.25) is 19.8 Å². The molecular weight excluding hydrogens is 930 g/mol. The van der Waals surface area contributed by atoms with Crippen LogP contribution in [0.3, 0.4) is 0 Å². The number of anilines is 2. The summed E-state index contributed by atoms with van der Waals surface area (Å²) in [6.07, 6.45) is 8.93.